The normalized spacial score (nSPS) is 11.6. The standard InChI is InChI=1S/C19H23ClN2O3S/c1-5-22(6-2)26(24,25)16-9-7-8-15(12-16)19(23)21-18-14(4)10-13(3)11-17(18)20/h7-12H,5-6H2,1-4H3,(H,21,23). The molecule has 0 radical (unpaired) electrons. The molecule has 0 heterocycles. The van der Waals surface area contributed by atoms with E-state index >= 15 is 0 Å². The number of hydrogen-bond donors (Lipinski definition) is 1. The van der Waals surface area contributed by atoms with Crippen LogP contribution in [0.3, 0.4) is 0 Å². The molecule has 140 valence electrons. The molecule has 0 aliphatic rings. The second-order valence-electron chi connectivity index (χ2n) is 6.01. The summed E-state index contributed by atoms with van der Waals surface area (Å²) in [5, 5.41) is 3.23. The largest absolute Gasteiger partial charge is 0.320 e. The number of sulfonamides is 1. The van der Waals surface area contributed by atoms with Crippen molar-refractivity contribution >= 4 is 33.2 Å². The summed E-state index contributed by atoms with van der Waals surface area (Å²) < 4.78 is 26.6. The van der Waals surface area contributed by atoms with E-state index in [1.54, 1.807) is 32.0 Å². The Labute approximate surface area is 160 Å². The first kappa shape index (κ1) is 20.4. The van der Waals surface area contributed by atoms with Crippen LogP contribution in [0.4, 0.5) is 5.69 Å². The molecule has 1 amide bonds. The SMILES string of the molecule is CCN(CC)S(=O)(=O)c1cccc(C(=O)Nc2c(C)cc(C)cc2Cl)c1. The molecule has 0 aliphatic heterocycles. The zero-order valence-corrected chi connectivity index (χ0v) is 16.9. The second-order valence-corrected chi connectivity index (χ2v) is 8.36. The van der Waals surface area contributed by atoms with Crippen LogP contribution < -0.4 is 5.32 Å². The number of nitrogens with one attached hydrogen (secondary N) is 1. The van der Waals surface area contributed by atoms with Crippen LogP contribution in [0.1, 0.15) is 35.3 Å². The summed E-state index contributed by atoms with van der Waals surface area (Å²) in [4.78, 5) is 12.7. The van der Waals surface area contributed by atoms with Crippen LogP contribution in [-0.2, 0) is 10.0 Å². The van der Waals surface area contributed by atoms with E-state index in [0.717, 1.165) is 11.1 Å². The van der Waals surface area contributed by atoms with Gasteiger partial charge in [-0.15, -0.1) is 0 Å². The van der Waals surface area contributed by atoms with Crippen LogP contribution in [0.5, 0.6) is 0 Å². The molecule has 0 saturated carbocycles. The van der Waals surface area contributed by atoms with Gasteiger partial charge in [0, 0.05) is 18.7 Å². The summed E-state index contributed by atoms with van der Waals surface area (Å²) in [5.74, 6) is -0.407. The Morgan fingerprint density at radius 1 is 1.12 bits per heavy atom. The highest BCUT2D eigenvalue weighted by Gasteiger charge is 2.22. The molecular formula is C19H23ClN2O3S. The minimum absolute atomic E-state index is 0.0978. The second kappa shape index (κ2) is 8.20. The first-order chi connectivity index (χ1) is 12.2. The van der Waals surface area contributed by atoms with E-state index in [0.29, 0.717) is 23.8 Å². The molecule has 26 heavy (non-hydrogen) atoms. The molecule has 0 aliphatic carbocycles. The monoisotopic (exact) mass is 394 g/mol. The highest BCUT2D eigenvalue weighted by Crippen LogP contribution is 2.28. The van der Waals surface area contributed by atoms with Crippen LogP contribution in [0, 0.1) is 13.8 Å². The van der Waals surface area contributed by atoms with Crippen molar-refractivity contribution in [3.05, 3.63) is 58.1 Å². The Morgan fingerprint density at radius 2 is 1.77 bits per heavy atom. The van der Waals surface area contributed by atoms with E-state index in [2.05, 4.69) is 5.32 Å². The average Bonchev–Trinajstić information content (AvgIpc) is 2.58. The van der Waals surface area contributed by atoms with E-state index in [-0.39, 0.29) is 10.5 Å². The molecule has 1 N–H and O–H groups in total. The van der Waals surface area contributed by atoms with Crippen molar-refractivity contribution < 1.29 is 13.2 Å². The van der Waals surface area contributed by atoms with Gasteiger partial charge in [0.25, 0.3) is 5.91 Å². The molecule has 0 bridgehead atoms. The van der Waals surface area contributed by atoms with Gasteiger partial charge in [0.1, 0.15) is 0 Å². The molecule has 7 heteroatoms. The molecule has 0 aromatic heterocycles. The lowest BCUT2D eigenvalue weighted by molar-refractivity contribution is 0.102. The third-order valence-electron chi connectivity index (χ3n) is 4.11. The zero-order valence-electron chi connectivity index (χ0n) is 15.3. The first-order valence-electron chi connectivity index (χ1n) is 8.39. The van der Waals surface area contributed by atoms with Gasteiger partial charge in [0.05, 0.1) is 15.6 Å². The lowest BCUT2D eigenvalue weighted by Crippen LogP contribution is -2.30. The number of aryl methyl sites for hydroxylation is 2. The Balaban J connectivity index is 2.35. The molecular weight excluding hydrogens is 372 g/mol. The van der Waals surface area contributed by atoms with Crippen molar-refractivity contribution in [1.29, 1.82) is 0 Å². The van der Waals surface area contributed by atoms with Gasteiger partial charge in [-0.3, -0.25) is 4.79 Å². The van der Waals surface area contributed by atoms with Crippen molar-refractivity contribution in [3.63, 3.8) is 0 Å². The highest BCUT2D eigenvalue weighted by atomic mass is 35.5. The zero-order chi connectivity index (χ0) is 19.5. The number of carbonyl (C=O) groups is 1. The molecule has 0 fully saturated rings. The lowest BCUT2D eigenvalue weighted by Gasteiger charge is -2.19. The van der Waals surface area contributed by atoms with Gasteiger partial charge in [-0.2, -0.15) is 4.31 Å². The fraction of sp³-hybridized carbons (Fsp3) is 0.316. The van der Waals surface area contributed by atoms with E-state index in [1.165, 1.54) is 16.4 Å². The molecule has 0 spiro atoms. The quantitative estimate of drug-likeness (QED) is 0.796. The summed E-state index contributed by atoms with van der Waals surface area (Å²) in [6.07, 6.45) is 0. The Kier molecular flexibility index (Phi) is 6.44. The molecule has 5 nitrogen and oxygen atoms in total. The summed E-state index contributed by atoms with van der Waals surface area (Å²) >= 11 is 6.23. The van der Waals surface area contributed by atoms with E-state index in [9.17, 15) is 13.2 Å². The molecule has 0 unspecified atom stereocenters. The molecule has 2 aromatic carbocycles. The highest BCUT2D eigenvalue weighted by molar-refractivity contribution is 7.89. The van der Waals surface area contributed by atoms with Crippen molar-refractivity contribution in [2.75, 3.05) is 18.4 Å². The topological polar surface area (TPSA) is 66.5 Å². The number of nitrogens with zero attached hydrogens (tertiary/aromatic N) is 1. The predicted molar refractivity (Wildman–Crippen MR) is 105 cm³/mol. The van der Waals surface area contributed by atoms with Gasteiger partial charge in [0.2, 0.25) is 10.0 Å². The van der Waals surface area contributed by atoms with Gasteiger partial charge >= 0.3 is 0 Å². The van der Waals surface area contributed by atoms with Crippen molar-refractivity contribution in [2.45, 2.75) is 32.6 Å². The predicted octanol–water partition coefficient (Wildman–Crippen LogP) is 4.24. The van der Waals surface area contributed by atoms with Crippen LogP contribution in [0.15, 0.2) is 41.3 Å². The smallest absolute Gasteiger partial charge is 0.255 e. The van der Waals surface area contributed by atoms with Gasteiger partial charge in [0.15, 0.2) is 0 Å². The van der Waals surface area contributed by atoms with Crippen LogP contribution in [0.2, 0.25) is 5.02 Å². The van der Waals surface area contributed by atoms with Crippen molar-refractivity contribution in [3.8, 4) is 0 Å². The summed E-state index contributed by atoms with van der Waals surface area (Å²) in [7, 11) is -3.62. The number of carbonyl (C=O) groups excluding carboxylic acids is 1. The summed E-state index contributed by atoms with van der Waals surface area (Å²) in [6, 6.07) is 9.71. The van der Waals surface area contributed by atoms with E-state index in [1.807, 2.05) is 19.9 Å². The van der Waals surface area contributed by atoms with Crippen LogP contribution in [-0.4, -0.2) is 31.7 Å². The summed E-state index contributed by atoms with van der Waals surface area (Å²) in [5.41, 5.74) is 2.63. The minimum Gasteiger partial charge on any atom is -0.320 e. The average molecular weight is 395 g/mol. The number of anilines is 1. The number of benzene rings is 2. The number of rotatable bonds is 6. The fourth-order valence-electron chi connectivity index (χ4n) is 2.77. The Morgan fingerprint density at radius 3 is 2.35 bits per heavy atom. The lowest BCUT2D eigenvalue weighted by atomic mass is 10.1. The van der Waals surface area contributed by atoms with Crippen molar-refractivity contribution in [2.24, 2.45) is 0 Å². The molecule has 0 saturated heterocycles. The maximum absolute atomic E-state index is 12.6. The summed E-state index contributed by atoms with van der Waals surface area (Å²) in [6.45, 7) is 8.07. The van der Waals surface area contributed by atoms with Crippen LogP contribution in [0.25, 0.3) is 0 Å². The van der Waals surface area contributed by atoms with E-state index < -0.39 is 15.9 Å². The Hall–Kier alpha value is -1.89. The third-order valence-corrected chi connectivity index (χ3v) is 6.45. The number of amides is 1. The number of halogens is 1. The third kappa shape index (κ3) is 4.26. The van der Waals surface area contributed by atoms with Gasteiger partial charge in [-0.1, -0.05) is 37.6 Å². The number of hydrogen-bond acceptors (Lipinski definition) is 3. The molecule has 2 aromatic rings. The Bertz CT molecular complexity index is 899. The van der Waals surface area contributed by atoms with Crippen LogP contribution >= 0.6 is 11.6 Å². The van der Waals surface area contributed by atoms with Gasteiger partial charge < -0.3 is 5.32 Å². The molecule has 2 rings (SSSR count). The van der Waals surface area contributed by atoms with Gasteiger partial charge in [-0.25, -0.2) is 8.42 Å². The van der Waals surface area contributed by atoms with Crippen molar-refractivity contribution in [1.82, 2.24) is 4.31 Å². The first-order valence-corrected chi connectivity index (χ1v) is 10.2. The fourth-order valence-corrected chi connectivity index (χ4v) is 4.64. The van der Waals surface area contributed by atoms with Gasteiger partial charge in [-0.05, 0) is 49.2 Å². The van der Waals surface area contributed by atoms with E-state index in [4.69, 9.17) is 11.6 Å². The maximum Gasteiger partial charge on any atom is 0.255 e. The molecule has 0 atom stereocenters. The minimum atomic E-state index is -3.62. The maximum atomic E-state index is 12.6.